The lowest BCUT2D eigenvalue weighted by molar-refractivity contribution is 0.667. The molecule has 0 spiro atoms. The summed E-state index contributed by atoms with van der Waals surface area (Å²) in [5, 5.41) is 12.0. The van der Waals surface area contributed by atoms with Crippen LogP contribution in [0.15, 0.2) is 126 Å². The summed E-state index contributed by atoms with van der Waals surface area (Å²) in [6.07, 6.45) is 0. The van der Waals surface area contributed by atoms with Crippen LogP contribution in [0, 0.1) is 11.3 Å². The third-order valence-corrected chi connectivity index (χ3v) is 10.2. The quantitative estimate of drug-likeness (QED) is 0.170. The van der Waals surface area contributed by atoms with E-state index >= 15 is 0 Å². The highest BCUT2D eigenvalue weighted by molar-refractivity contribution is 6.12. The van der Waals surface area contributed by atoms with Crippen molar-refractivity contribution in [1.29, 1.82) is 5.26 Å². The molecule has 250 valence electrons. The van der Waals surface area contributed by atoms with Crippen molar-refractivity contribution >= 4 is 33.0 Å². The number of rotatable bonds is 7. The van der Waals surface area contributed by atoms with Gasteiger partial charge in [-0.2, -0.15) is 5.26 Å². The number of furan rings is 1. The van der Waals surface area contributed by atoms with E-state index in [0.29, 0.717) is 5.56 Å². The van der Waals surface area contributed by atoms with Crippen molar-refractivity contribution in [3.05, 3.63) is 144 Å². The molecular formula is C47H41N3O. The summed E-state index contributed by atoms with van der Waals surface area (Å²) in [4.78, 5) is 5.33. The average Bonchev–Trinajstić information content (AvgIpc) is 3.73. The van der Waals surface area contributed by atoms with Crippen molar-refractivity contribution < 1.29 is 4.42 Å². The van der Waals surface area contributed by atoms with Crippen LogP contribution < -0.4 is 0 Å². The summed E-state index contributed by atoms with van der Waals surface area (Å²) in [5.41, 5.74) is 14.6. The zero-order valence-electron chi connectivity index (χ0n) is 30.0. The molecule has 0 fully saturated rings. The molecule has 0 aliphatic rings. The molecule has 0 radical (unpaired) electrons. The van der Waals surface area contributed by atoms with E-state index in [4.69, 9.17) is 9.40 Å². The first-order chi connectivity index (χ1) is 24.7. The third-order valence-electron chi connectivity index (χ3n) is 10.2. The summed E-state index contributed by atoms with van der Waals surface area (Å²) in [5.74, 6) is 1.58. The first kappa shape index (κ1) is 32.3. The molecule has 6 aromatic carbocycles. The summed E-state index contributed by atoms with van der Waals surface area (Å²) >= 11 is 0. The second-order valence-corrected chi connectivity index (χ2v) is 14.5. The van der Waals surface area contributed by atoms with Gasteiger partial charge in [0.25, 0.3) is 0 Å². The van der Waals surface area contributed by atoms with Gasteiger partial charge in [0.15, 0.2) is 0 Å². The summed E-state index contributed by atoms with van der Waals surface area (Å²) in [7, 11) is 0. The molecule has 0 saturated carbocycles. The van der Waals surface area contributed by atoms with Crippen LogP contribution in [0.25, 0.3) is 72.3 Å². The van der Waals surface area contributed by atoms with Crippen molar-refractivity contribution in [3.8, 4) is 45.4 Å². The lowest BCUT2D eigenvalue weighted by atomic mass is 9.87. The molecule has 4 nitrogen and oxygen atoms in total. The van der Waals surface area contributed by atoms with Gasteiger partial charge in [-0.15, -0.1) is 0 Å². The minimum atomic E-state index is 0.240. The van der Waals surface area contributed by atoms with Gasteiger partial charge in [0.2, 0.25) is 0 Å². The number of hydrogen-bond acceptors (Lipinski definition) is 3. The van der Waals surface area contributed by atoms with Gasteiger partial charge in [-0.25, -0.2) is 4.98 Å². The molecule has 0 bridgehead atoms. The van der Waals surface area contributed by atoms with Crippen molar-refractivity contribution in [2.45, 2.75) is 59.3 Å². The van der Waals surface area contributed by atoms with E-state index in [9.17, 15) is 5.26 Å². The SMILES string of the molecule is CC(C)c1cc(C#N)c2c(c1)oc1c(-c3nc4ccccc4n3-c3c(C(C)C)cc(-c4ccc(-c5ccccc5)cc4)cc3C(C)C)cccc12. The van der Waals surface area contributed by atoms with Gasteiger partial charge in [0, 0.05) is 10.8 Å². The summed E-state index contributed by atoms with van der Waals surface area (Å²) in [6, 6.07) is 45.4. The maximum absolute atomic E-state index is 10.2. The van der Waals surface area contributed by atoms with E-state index in [0.717, 1.165) is 49.9 Å². The van der Waals surface area contributed by atoms with Gasteiger partial charge in [-0.3, -0.25) is 4.57 Å². The molecule has 0 N–H and O–H groups in total. The number of para-hydroxylation sites is 3. The Morgan fingerprint density at radius 2 is 1.25 bits per heavy atom. The zero-order valence-corrected chi connectivity index (χ0v) is 30.0. The van der Waals surface area contributed by atoms with Gasteiger partial charge >= 0.3 is 0 Å². The number of imidazole rings is 1. The topological polar surface area (TPSA) is 54.8 Å². The number of nitrogens with zero attached hydrogens (tertiary/aromatic N) is 3. The largest absolute Gasteiger partial charge is 0.455 e. The number of fused-ring (bicyclic) bond motifs is 4. The second kappa shape index (κ2) is 12.8. The minimum Gasteiger partial charge on any atom is -0.455 e. The van der Waals surface area contributed by atoms with Crippen LogP contribution in [0.1, 0.15) is 81.5 Å². The van der Waals surface area contributed by atoms with Crippen LogP contribution in [0.2, 0.25) is 0 Å². The molecule has 0 amide bonds. The van der Waals surface area contributed by atoms with Gasteiger partial charge in [0.05, 0.1) is 33.9 Å². The first-order valence-corrected chi connectivity index (χ1v) is 17.9. The Bertz CT molecular complexity index is 2580. The fraction of sp³-hybridized carbons (Fsp3) is 0.191. The monoisotopic (exact) mass is 663 g/mol. The van der Waals surface area contributed by atoms with E-state index in [2.05, 4.69) is 161 Å². The zero-order chi connectivity index (χ0) is 35.4. The first-order valence-electron chi connectivity index (χ1n) is 17.9. The molecular weight excluding hydrogens is 623 g/mol. The van der Waals surface area contributed by atoms with Crippen LogP contribution in [-0.4, -0.2) is 9.55 Å². The Morgan fingerprint density at radius 3 is 1.90 bits per heavy atom. The Labute approximate surface area is 299 Å². The molecule has 0 aliphatic carbocycles. The highest BCUT2D eigenvalue weighted by Gasteiger charge is 2.26. The highest BCUT2D eigenvalue weighted by Crippen LogP contribution is 2.43. The lowest BCUT2D eigenvalue weighted by Gasteiger charge is -2.24. The van der Waals surface area contributed by atoms with Gasteiger partial charge in [0.1, 0.15) is 17.0 Å². The van der Waals surface area contributed by atoms with E-state index in [1.54, 1.807) is 0 Å². The maximum atomic E-state index is 10.2. The number of hydrogen-bond donors (Lipinski definition) is 0. The van der Waals surface area contributed by atoms with Crippen LogP contribution in [0.4, 0.5) is 0 Å². The van der Waals surface area contributed by atoms with Crippen LogP contribution in [0.5, 0.6) is 0 Å². The van der Waals surface area contributed by atoms with E-state index < -0.39 is 0 Å². The smallest absolute Gasteiger partial charge is 0.149 e. The molecule has 51 heavy (non-hydrogen) atoms. The predicted molar refractivity (Wildman–Crippen MR) is 212 cm³/mol. The van der Waals surface area contributed by atoms with Crippen LogP contribution >= 0.6 is 0 Å². The fourth-order valence-corrected chi connectivity index (χ4v) is 7.45. The van der Waals surface area contributed by atoms with E-state index in [1.165, 1.54) is 39.1 Å². The number of aromatic nitrogens is 2. The molecule has 0 atom stereocenters. The second-order valence-electron chi connectivity index (χ2n) is 14.5. The molecule has 0 saturated heterocycles. The number of benzene rings is 6. The summed E-state index contributed by atoms with van der Waals surface area (Å²) < 4.78 is 9.08. The van der Waals surface area contributed by atoms with Crippen molar-refractivity contribution in [3.63, 3.8) is 0 Å². The Morgan fingerprint density at radius 1 is 0.627 bits per heavy atom. The predicted octanol–water partition coefficient (Wildman–Crippen LogP) is 13.2. The Balaban J connectivity index is 1.38. The summed E-state index contributed by atoms with van der Waals surface area (Å²) in [6.45, 7) is 13.4. The molecule has 0 unspecified atom stereocenters. The van der Waals surface area contributed by atoms with E-state index in [1.807, 2.05) is 12.1 Å². The maximum Gasteiger partial charge on any atom is 0.149 e. The standard InChI is InChI=1S/C47H41N3O/c1-28(2)34-23-36(27-48)44-37-15-12-16-38(46(37)51-43(44)26-34)47-49-41-17-10-11-18-42(41)50(47)45-39(29(3)4)24-35(25-40(45)30(5)6)33-21-19-32(20-22-33)31-13-8-7-9-14-31/h7-26,28-30H,1-6H3. The van der Waals surface area contributed by atoms with Crippen molar-refractivity contribution in [2.75, 3.05) is 0 Å². The molecule has 8 rings (SSSR count). The molecule has 2 heterocycles. The molecule has 0 aliphatic heterocycles. The number of nitriles is 1. The van der Waals surface area contributed by atoms with Gasteiger partial charge < -0.3 is 4.42 Å². The normalized spacial score (nSPS) is 11.8. The fourth-order valence-electron chi connectivity index (χ4n) is 7.45. The Kier molecular flexibility index (Phi) is 8.08. The molecule has 2 aromatic heterocycles. The van der Waals surface area contributed by atoms with Crippen molar-refractivity contribution in [1.82, 2.24) is 9.55 Å². The van der Waals surface area contributed by atoms with Crippen LogP contribution in [0.3, 0.4) is 0 Å². The lowest BCUT2D eigenvalue weighted by Crippen LogP contribution is -2.09. The van der Waals surface area contributed by atoms with E-state index in [-0.39, 0.29) is 17.8 Å². The van der Waals surface area contributed by atoms with Crippen LogP contribution in [-0.2, 0) is 0 Å². The van der Waals surface area contributed by atoms with Gasteiger partial charge in [-0.1, -0.05) is 120 Å². The molecule has 4 heteroatoms. The molecule has 8 aromatic rings. The third kappa shape index (κ3) is 5.50. The van der Waals surface area contributed by atoms with Gasteiger partial charge in [-0.05, 0) is 99.2 Å². The van der Waals surface area contributed by atoms with Crippen molar-refractivity contribution in [2.24, 2.45) is 0 Å². The minimum absolute atomic E-state index is 0.240. The average molecular weight is 664 g/mol. The highest BCUT2D eigenvalue weighted by atomic mass is 16.3. The Hall–Kier alpha value is -5.92.